The molecule has 0 spiro atoms. The summed E-state index contributed by atoms with van der Waals surface area (Å²) >= 11 is 1.79. The Hall–Kier alpha value is -3.04. The molecule has 4 heterocycles. The lowest BCUT2D eigenvalue weighted by molar-refractivity contribution is -0.0116. The first-order valence-electron chi connectivity index (χ1n) is 12.6. The Labute approximate surface area is 216 Å². The number of fused-ring (bicyclic) bond motifs is 2. The summed E-state index contributed by atoms with van der Waals surface area (Å²) in [4.78, 5) is 6.33. The van der Waals surface area contributed by atoms with E-state index in [0.717, 1.165) is 69.1 Å². The number of ether oxygens (including phenoxy) is 1. The number of benzene rings is 2. The summed E-state index contributed by atoms with van der Waals surface area (Å²) in [5.74, 6) is 0. The van der Waals surface area contributed by atoms with Crippen LogP contribution < -0.4 is 15.5 Å². The van der Waals surface area contributed by atoms with Gasteiger partial charge in [-0.2, -0.15) is 10.2 Å². The van der Waals surface area contributed by atoms with Crippen LogP contribution in [-0.2, 0) is 17.8 Å². The maximum Gasteiger partial charge on any atom is 0.0951 e. The van der Waals surface area contributed by atoms with E-state index < -0.39 is 0 Å². The predicted molar refractivity (Wildman–Crippen MR) is 148 cm³/mol. The molecule has 4 aromatic rings. The lowest BCUT2D eigenvalue weighted by Crippen LogP contribution is -2.58. The summed E-state index contributed by atoms with van der Waals surface area (Å²) in [7, 11) is 1.99. The number of nitrogens with one attached hydrogen (secondary N) is 2. The Kier molecular flexibility index (Phi) is 6.83. The second-order valence-corrected chi connectivity index (χ2v) is 10.5. The van der Waals surface area contributed by atoms with Crippen LogP contribution in [0.2, 0.25) is 0 Å². The number of piperazine rings is 1. The molecule has 1 atom stereocenters. The van der Waals surface area contributed by atoms with Gasteiger partial charge in [0.15, 0.2) is 0 Å². The minimum absolute atomic E-state index is 0.475. The summed E-state index contributed by atoms with van der Waals surface area (Å²) in [6.45, 7) is 7.46. The second kappa shape index (κ2) is 10.5. The van der Waals surface area contributed by atoms with E-state index in [2.05, 4.69) is 84.5 Å². The van der Waals surface area contributed by atoms with Gasteiger partial charge >= 0.3 is 0 Å². The molecule has 2 fully saturated rings. The molecule has 6 rings (SSSR count). The summed E-state index contributed by atoms with van der Waals surface area (Å²) in [5.41, 5.74) is 7.05. The molecular weight excluding hydrogens is 468 g/mol. The van der Waals surface area contributed by atoms with E-state index in [0.29, 0.717) is 6.04 Å². The molecule has 2 aromatic heterocycles. The predicted octanol–water partition coefficient (Wildman–Crippen LogP) is 4.21. The lowest BCUT2D eigenvalue weighted by Gasteiger charge is -2.44. The standard InChI is InChI=1S/C28H32N6OS/c1-29-14-20-4-2-3-5-25(20)21-12-24(36-19-21)15-30-28-16-31-32-27-7-6-22(13-26(27)28)34-9-8-33-10-11-35-18-23(33)17-34/h2-7,12-13,16,19,23,29H,8-11,14-15,17-18H2,1H3,(H,30,32). The fourth-order valence-electron chi connectivity index (χ4n) is 5.31. The van der Waals surface area contributed by atoms with E-state index in [4.69, 9.17) is 4.74 Å². The number of aromatic nitrogens is 2. The molecule has 186 valence electrons. The molecule has 36 heavy (non-hydrogen) atoms. The Morgan fingerprint density at radius 3 is 2.97 bits per heavy atom. The highest BCUT2D eigenvalue weighted by molar-refractivity contribution is 7.10. The van der Waals surface area contributed by atoms with Crippen molar-refractivity contribution < 1.29 is 4.74 Å². The highest BCUT2D eigenvalue weighted by Crippen LogP contribution is 2.31. The average molecular weight is 501 g/mol. The van der Waals surface area contributed by atoms with Crippen molar-refractivity contribution in [3.05, 3.63) is 70.5 Å². The van der Waals surface area contributed by atoms with Gasteiger partial charge in [-0.05, 0) is 53.4 Å². The smallest absolute Gasteiger partial charge is 0.0951 e. The molecule has 0 aliphatic carbocycles. The maximum atomic E-state index is 5.74. The van der Waals surface area contributed by atoms with Gasteiger partial charge in [0.2, 0.25) is 0 Å². The first kappa shape index (κ1) is 23.4. The minimum atomic E-state index is 0.475. The number of thiophene rings is 1. The summed E-state index contributed by atoms with van der Waals surface area (Å²) in [5, 5.41) is 18.9. The van der Waals surface area contributed by atoms with Crippen LogP contribution in [-0.4, -0.2) is 67.6 Å². The van der Waals surface area contributed by atoms with Crippen LogP contribution in [0.25, 0.3) is 22.0 Å². The average Bonchev–Trinajstić information content (AvgIpc) is 3.41. The molecule has 7 nitrogen and oxygen atoms in total. The van der Waals surface area contributed by atoms with E-state index >= 15 is 0 Å². The van der Waals surface area contributed by atoms with Crippen molar-refractivity contribution in [3.8, 4) is 11.1 Å². The van der Waals surface area contributed by atoms with Crippen molar-refractivity contribution in [3.63, 3.8) is 0 Å². The fraction of sp³-hybridized carbons (Fsp3) is 0.357. The number of rotatable bonds is 7. The molecule has 0 amide bonds. The van der Waals surface area contributed by atoms with Crippen LogP contribution in [0, 0.1) is 0 Å². The first-order valence-corrected chi connectivity index (χ1v) is 13.5. The van der Waals surface area contributed by atoms with Gasteiger partial charge in [0.1, 0.15) is 0 Å². The van der Waals surface area contributed by atoms with Gasteiger partial charge in [-0.25, -0.2) is 0 Å². The van der Waals surface area contributed by atoms with Crippen LogP contribution in [0.4, 0.5) is 11.4 Å². The molecule has 0 bridgehead atoms. The molecule has 2 aromatic carbocycles. The van der Waals surface area contributed by atoms with E-state index in [9.17, 15) is 0 Å². The lowest BCUT2D eigenvalue weighted by atomic mass is 10.0. The van der Waals surface area contributed by atoms with Crippen LogP contribution in [0.1, 0.15) is 10.4 Å². The van der Waals surface area contributed by atoms with Crippen molar-refractivity contribution in [2.75, 3.05) is 56.7 Å². The van der Waals surface area contributed by atoms with Crippen molar-refractivity contribution in [2.45, 2.75) is 19.1 Å². The molecule has 2 aliphatic heterocycles. The molecule has 1 unspecified atom stereocenters. The highest BCUT2D eigenvalue weighted by Gasteiger charge is 2.29. The number of morpholine rings is 1. The van der Waals surface area contributed by atoms with Crippen molar-refractivity contribution in [1.82, 2.24) is 20.4 Å². The van der Waals surface area contributed by atoms with E-state index in [1.807, 2.05) is 13.2 Å². The van der Waals surface area contributed by atoms with Crippen LogP contribution in [0.15, 0.2) is 60.1 Å². The monoisotopic (exact) mass is 500 g/mol. The number of anilines is 2. The minimum Gasteiger partial charge on any atom is -0.378 e. The van der Waals surface area contributed by atoms with E-state index in [1.165, 1.54) is 27.3 Å². The third-order valence-electron chi connectivity index (χ3n) is 7.23. The molecule has 8 heteroatoms. The molecule has 0 saturated carbocycles. The number of nitrogens with zero attached hydrogens (tertiary/aromatic N) is 4. The summed E-state index contributed by atoms with van der Waals surface area (Å²) < 4.78 is 5.74. The van der Waals surface area contributed by atoms with Crippen molar-refractivity contribution in [2.24, 2.45) is 0 Å². The number of hydrogen-bond acceptors (Lipinski definition) is 8. The van der Waals surface area contributed by atoms with E-state index in [1.54, 1.807) is 11.3 Å². The SMILES string of the molecule is CNCc1ccccc1-c1csc(CNc2cnnc3ccc(N4CCN5CCOCC5C4)cc23)c1. The Balaban J connectivity index is 1.19. The summed E-state index contributed by atoms with van der Waals surface area (Å²) in [6, 6.07) is 17.9. The Morgan fingerprint density at radius 1 is 1.08 bits per heavy atom. The Bertz CT molecular complexity index is 1340. The van der Waals surface area contributed by atoms with Gasteiger partial charge in [0.05, 0.1) is 36.7 Å². The molecule has 2 aliphatic rings. The van der Waals surface area contributed by atoms with Gasteiger partial charge in [-0.15, -0.1) is 11.3 Å². The van der Waals surface area contributed by atoms with Crippen molar-refractivity contribution >= 4 is 33.6 Å². The van der Waals surface area contributed by atoms with Gasteiger partial charge < -0.3 is 20.3 Å². The molecule has 2 N–H and O–H groups in total. The Morgan fingerprint density at radius 2 is 2.03 bits per heavy atom. The normalized spacial score (nSPS) is 18.4. The topological polar surface area (TPSA) is 65.6 Å². The molecule has 2 saturated heterocycles. The zero-order valence-electron chi connectivity index (χ0n) is 20.6. The molecule has 0 radical (unpaired) electrons. The maximum absolute atomic E-state index is 5.74. The van der Waals surface area contributed by atoms with Crippen LogP contribution >= 0.6 is 11.3 Å². The van der Waals surface area contributed by atoms with Gasteiger partial charge in [-0.3, -0.25) is 4.90 Å². The first-order chi connectivity index (χ1) is 17.8. The van der Waals surface area contributed by atoms with E-state index in [-0.39, 0.29) is 0 Å². The number of hydrogen-bond donors (Lipinski definition) is 2. The third-order valence-corrected chi connectivity index (χ3v) is 8.16. The van der Waals surface area contributed by atoms with Gasteiger partial charge in [-0.1, -0.05) is 24.3 Å². The highest BCUT2D eigenvalue weighted by atomic mass is 32.1. The molecular formula is C28H32N6OS. The zero-order chi connectivity index (χ0) is 24.3. The quantitative estimate of drug-likeness (QED) is 0.394. The largest absolute Gasteiger partial charge is 0.378 e. The zero-order valence-corrected chi connectivity index (χ0v) is 21.4. The summed E-state index contributed by atoms with van der Waals surface area (Å²) in [6.07, 6.45) is 1.84. The van der Waals surface area contributed by atoms with Crippen LogP contribution in [0.3, 0.4) is 0 Å². The van der Waals surface area contributed by atoms with Gasteiger partial charge in [0.25, 0.3) is 0 Å². The fourth-order valence-corrected chi connectivity index (χ4v) is 6.13. The third kappa shape index (κ3) is 4.82. The van der Waals surface area contributed by atoms with Crippen molar-refractivity contribution in [1.29, 1.82) is 0 Å². The second-order valence-electron chi connectivity index (χ2n) is 9.51. The van der Waals surface area contributed by atoms with Gasteiger partial charge in [0, 0.05) is 55.2 Å². The van der Waals surface area contributed by atoms with Crippen LogP contribution in [0.5, 0.6) is 0 Å².